The lowest BCUT2D eigenvalue weighted by Crippen LogP contribution is -2.37. The van der Waals surface area contributed by atoms with Crippen molar-refractivity contribution in [3.8, 4) is 0 Å². The minimum Gasteiger partial charge on any atom is -0.307 e. The van der Waals surface area contributed by atoms with E-state index in [1.54, 1.807) is 24.1 Å². The number of nitrogens with one attached hydrogen (secondary N) is 1. The number of halogens is 4. The van der Waals surface area contributed by atoms with Crippen molar-refractivity contribution in [2.24, 2.45) is 7.05 Å². The Labute approximate surface area is 116 Å². The van der Waals surface area contributed by atoms with E-state index in [1.165, 1.54) is 0 Å². The fourth-order valence-electron chi connectivity index (χ4n) is 2.36. The summed E-state index contributed by atoms with van der Waals surface area (Å²) in [7, 11) is 1.72. The van der Waals surface area contributed by atoms with Crippen molar-refractivity contribution in [2.75, 3.05) is 6.54 Å². The first-order chi connectivity index (χ1) is 9.91. The third kappa shape index (κ3) is 2.19. The molecule has 0 fully saturated rings. The molecule has 0 aromatic carbocycles. The summed E-state index contributed by atoms with van der Waals surface area (Å²) in [6, 6.07) is -0.498. The van der Waals surface area contributed by atoms with Gasteiger partial charge in [-0.1, -0.05) is 0 Å². The van der Waals surface area contributed by atoms with Crippen LogP contribution in [0.2, 0.25) is 0 Å². The van der Waals surface area contributed by atoms with Gasteiger partial charge in [0.15, 0.2) is 5.82 Å². The highest BCUT2D eigenvalue weighted by molar-refractivity contribution is 5.22. The molecule has 0 radical (unpaired) electrons. The van der Waals surface area contributed by atoms with Gasteiger partial charge in [-0.25, -0.2) is 8.78 Å². The Morgan fingerprint density at radius 3 is 2.76 bits per heavy atom. The average molecular weight is 304 g/mol. The van der Waals surface area contributed by atoms with Gasteiger partial charge in [-0.15, -0.1) is 10.2 Å². The van der Waals surface area contributed by atoms with Gasteiger partial charge >= 0.3 is 12.3 Å². The highest BCUT2D eigenvalue weighted by Crippen LogP contribution is 2.35. The Morgan fingerprint density at radius 2 is 2.14 bits per heavy atom. The first kappa shape index (κ1) is 14.0. The Bertz CT molecular complexity index is 649. The summed E-state index contributed by atoms with van der Waals surface area (Å²) in [5.41, 5.74) is 0.706. The second kappa shape index (κ2) is 4.79. The molecule has 114 valence electrons. The zero-order chi connectivity index (χ0) is 15.2. The summed E-state index contributed by atoms with van der Waals surface area (Å²) in [6.45, 7) is 0.452. The molecule has 0 amide bonds. The third-order valence-corrected chi connectivity index (χ3v) is 3.35. The van der Waals surface area contributed by atoms with Crippen LogP contribution >= 0.6 is 0 Å². The van der Waals surface area contributed by atoms with Crippen molar-refractivity contribution in [1.29, 1.82) is 0 Å². The summed E-state index contributed by atoms with van der Waals surface area (Å²) >= 11 is 0. The number of nitrogens with zero attached hydrogens (tertiary/aromatic N) is 5. The highest BCUT2D eigenvalue weighted by atomic mass is 19.3. The predicted octanol–water partition coefficient (Wildman–Crippen LogP) is 1.06. The molecule has 1 N–H and O–H groups in total. The van der Waals surface area contributed by atoms with Crippen LogP contribution in [-0.4, -0.2) is 37.5 Å². The first-order valence-electron chi connectivity index (χ1n) is 6.22. The largest absolute Gasteiger partial charge is 0.365 e. The molecule has 0 bridgehead atoms. The number of hydrogen-bond donors (Lipinski definition) is 1. The number of fused-ring (bicyclic) bond motifs is 1. The number of hydrogen-bond acceptors (Lipinski definition) is 4. The van der Waals surface area contributed by atoms with Gasteiger partial charge in [-0.3, -0.25) is 4.68 Å². The monoisotopic (exact) mass is 304 g/mol. The predicted molar refractivity (Wildman–Crippen MR) is 63.0 cm³/mol. The van der Waals surface area contributed by atoms with E-state index < -0.39 is 24.2 Å². The molecule has 10 heteroatoms. The Morgan fingerprint density at radius 1 is 1.38 bits per heavy atom. The van der Waals surface area contributed by atoms with Crippen LogP contribution in [0.1, 0.15) is 23.3 Å². The standard InChI is InChI=1S/C11H12F4N6/c1-20-5-6(4-17-20)7-8-18-19-10(11(14,15)9(12)13)21(8)3-2-16-7/h4-5,7,9,16H,2-3H2,1H3. The van der Waals surface area contributed by atoms with Gasteiger partial charge in [-0.05, 0) is 0 Å². The average Bonchev–Trinajstić information content (AvgIpc) is 3.04. The maximum absolute atomic E-state index is 13.5. The third-order valence-electron chi connectivity index (χ3n) is 3.35. The first-order valence-corrected chi connectivity index (χ1v) is 6.22. The molecule has 3 heterocycles. The fourth-order valence-corrected chi connectivity index (χ4v) is 2.36. The molecule has 1 aliphatic rings. The number of aryl methyl sites for hydroxylation is 1. The van der Waals surface area contributed by atoms with E-state index in [1.807, 2.05) is 0 Å². The molecule has 0 saturated heterocycles. The number of rotatable bonds is 3. The van der Waals surface area contributed by atoms with E-state index in [-0.39, 0.29) is 12.4 Å². The quantitative estimate of drug-likeness (QED) is 0.862. The zero-order valence-corrected chi connectivity index (χ0v) is 11.0. The van der Waals surface area contributed by atoms with Gasteiger partial charge in [0.2, 0.25) is 5.82 Å². The van der Waals surface area contributed by atoms with Crippen LogP contribution in [0.15, 0.2) is 12.4 Å². The summed E-state index contributed by atoms with van der Waals surface area (Å²) in [4.78, 5) is 0. The van der Waals surface area contributed by atoms with Crippen molar-refractivity contribution in [1.82, 2.24) is 29.9 Å². The molecule has 2 aromatic rings. The van der Waals surface area contributed by atoms with E-state index in [4.69, 9.17) is 0 Å². The van der Waals surface area contributed by atoms with Gasteiger partial charge in [-0.2, -0.15) is 13.9 Å². The van der Waals surface area contributed by atoms with Crippen LogP contribution in [0, 0.1) is 0 Å². The summed E-state index contributed by atoms with van der Waals surface area (Å²) < 4.78 is 54.7. The lowest BCUT2D eigenvalue weighted by molar-refractivity contribution is -0.143. The van der Waals surface area contributed by atoms with Crippen molar-refractivity contribution in [3.05, 3.63) is 29.6 Å². The second-order valence-electron chi connectivity index (χ2n) is 4.79. The topological polar surface area (TPSA) is 60.6 Å². The maximum atomic E-state index is 13.5. The van der Waals surface area contributed by atoms with Crippen LogP contribution in [-0.2, 0) is 19.5 Å². The van der Waals surface area contributed by atoms with E-state index in [2.05, 4.69) is 20.6 Å². The van der Waals surface area contributed by atoms with E-state index >= 15 is 0 Å². The molecule has 21 heavy (non-hydrogen) atoms. The summed E-state index contributed by atoms with van der Waals surface area (Å²) in [5.74, 6) is -5.13. The minimum absolute atomic E-state index is 0.108. The molecule has 2 aromatic heterocycles. The second-order valence-corrected chi connectivity index (χ2v) is 4.79. The van der Waals surface area contributed by atoms with Gasteiger partial charge in [0.1, 0.15) is 0 Å². The van der Waals surface area contributed by atoms with Gasteiger partial charge in [0.05, 0.1) is 12.2 Å². The molecule has 1 aliphatic heterocycles. The molecule has 6 nitrogen and oxygen atoms in total. The Balaban J connectivity index is 2.03. The highest BCUT2D eigenvalue weighted by Gasteiger charge is 2.48. The van der Waals surface area contributed by atoms with Crippen molar-refractivity contribution < 1.29 is 17.6 Å². The van der Waals surface area contributed by atoms with Crippen LogP contribution in [0.5, 0.6) is 0 Å². The van der Waals surface area contributed by atoms with E-state index in [0.29, 0.717) is 12.1 Å². The van der Waals surface area contributed by atoms with E-state index in [9.17, 15) is 17.6 Å². The van der Waals surface area contributed by atoms with Crippen LogP contribution in [0.25, 0.3) is 0 Å². The van der Waals surface area contributed by atoms with Crippen LogP contribution in [0.4, 0.5) is 17.6 Å². The minimum atomic E-state index is -4.32. The molecule has 0 spiro atoms. The van der Waals surface area contributed by atoms with Gasteiger partial charge in [0, 0.05) is 31.9 Å². The van der Waals surface area contributed by atoms with Crippen molar-refractivity contribution >= 4 is 0 Å². The molecule has 3 rings (SSSR count). The SMILES string of the molecule is Cn1cc(C2NCCn3c2nnc3C(F)(F)C(F)F)cn1. The van der Waals surface area contributed by atoms with Crippen molar-refractivity contribution in [2.45, 2.75) is 24.9 Å². The number of alkyl halides is 4. The summed E-state index contributed by atoms with van der Waals surface area (Å²) in [5, 5.41) is 14.1. The fraction of sp³-hybridized carbons (Fsp3) is 0.545. The molecule has 1 unspecified atom stereocenters. The Kier molecular flexibility index (Phi) is 3.19. The molecule has 0 aliphatic carbocycles. The lowest BCUT2D eigenvalue weighted by Gasteiger charge is -2.25. The normalized spacial score (nSPS) is 19.0. The smallest absolute Gasteiger partial charge is 0.307 e. The maximum Gasteiger partial charge on any atom is 0.365 e. The van der Waals surface area contributed by atoms with Gasteiger partial charge < -0.3 is 9.88 Å². The molecular weight excluding hydrogens is 292 g/mol. The van der Waals surface area contributed by atoms with Crippen molar-refractivity contribution in [3.63, 3.8) is 0 Å². The zero-order valence-electron chi connectivity index (χ0n) is 11.0. The van der Waals surface area contributed by atoms with E-state index in [0.717, 1.165) is 4.57 Å². The Hall–Kier alpha value is -1.97. The lowest BCUT2D eigenvalue weighted by atomic mass is 10.1. The van der Waals surface area contributed by atoms with Gasteiger partial charge in [0.25, 0.3) is 0 Å². The van der Waals surface area contributed by atoms with Crippen LogP contribution < -0.4 is 5.32 Å². The van der Waals surface area contributed by atoms with Crippen LogP contribution in [0.3, 0.4) is 0 Å². The molecule has 0 saturated carbocycles. The molecule has 1 atom stereocenters. The number of aromatic nitrogens is 5. The molecular formula is C11H12F4N6. The summed E-state index contributed by atoms with van der Waals surface area (Å²) in [6.07, 6.45) is -0.558.